The first kappa shape index (κ1) is 15.0. The smallest absolute Gasteiger partial charge is 0.261 e. The van der Waals surface area contributed by atoms with E-state index < -0.39 is 0 Å². The molecule has 0 radical (unpaired) electrons. The molecule has 4 nitrogen and oxygen atoms in total. The molecule has 0 aliphatic carbocycles. The standard InChI is InChI=1S/C19H17FN2O2/c20-14-9-7-13(8-10-14)18-21-17-6-2-1-5-16(17)19(23)22(18)12-15-4-3-11-24-15/h1-2,5-10,15H,3-4,11-12H2/t15-/m1/s1. The Morgan fingerprint density at radius 2 is 1.96 bits per heavy atom. The first-order valence-corrected chi connectivity index (χ1v) is 8.09. The summed E-state index contributed by atoms with van der Waals surface area (Å²) in [6.45, 7) is 1.19. The van der Waals surface area contributed by atoms with Crippen LogP contribution in [0.5, 0.6) is 0 Å². The molecule has 0 amide bonds. The van der Waals surface area contributed by atoms with Gasteiger partial charge in [0.1, 0.15) is 11.6 Å². The maximum Gasteiger partial charge on any atom is 0.261 e. The van der Waals surface area contributed by atoms with Crippen LogP contribution in [-0.2, 0) is 11.3 Å². The Kier molecular flexibility index (Phi) is 3.86. The summed E-state index contributed by atoms with van der Waals surface area (Å²) in [5.41, 5.74) is 1.28. The summed E-state index contributed by atoms with van der Waals surface area (Å²) < 4.78 is 20.6. The number of hydrogen-bond acceptors (Lipinski definition) is 3. The molecule has 1 aliphatic rings. The van der Waals surface area contributed by atoms with Gasteiger partial charge in [-0.1, -0.05) is 12.1 Å². The van der Waals surface area contributed by atoms with Crippen LogP contribution in [0, 0.1) is 5.82 Å². The number of rotatable bonds is 3. The highest BCUT2D eigenvalue weighted by Crippen LogP contribution is 2.22. The molecule has 0 saturated carbocycles. The number of aromatic nitrogens is 2. The van der Waals surface area contributed by atoms with Gasteiger partial charge in [-0.05, 0) is 49.2 Å². The van der Waals surface area contributed by atoms with Gasteiger partial charge in [-0.2, -0.15) is 0 Å². The van der Waals surface area contributed by atoms with Crippen molar-refractivity contribution in [1.29, 1.82) is 0 Å². The second-order valence-electron chi connectivity index (χ2n) is 6.01. The third-order valence-corrected chi connectivity index (χ3v) is 4.37. The molecule has 1 aromatic heterocycles. The Hall–Kier alpha value is -2.53. The van der Waals surface area contributed by atoms with E-state index >= 15 is 0 Å². The van der Waals surface area contributed by atoms with E-state index in [1.807, 2.05) is 18.2 Å². The molecular weight excluding hydrogens is 307 g/mol. The molecule has 24 heavy (non-hydrogen) atoms. The Labute approximate surface area is 138 Å². The summed E-state index contributed by atoms with van der Waals surface area (Å²) in [4.78, 5) is 17.6. The van der Waals surface area contributed by atoms with Crippen molar-refractivity contribution >= 4 is 10.9 Å². The first-order chi connectivity index (χ1) is 11.7. The average molecular weight is 324 g/mol. The predicted octanol–water partition coefficient (Wildman–Crippen LogP) is 3.38. The van der Waals surface area contributed by atoms with Gasteiger partial charge < -0.3 is 4.74 Å². The SMILES string of the molecule is O=c1c2ccccc2nc(-c2ccc(F)cc2)n1C[C@H]1CCCO1. The van der Waals surface area contributed by atoms with Gasteiger partial charge in [-0.3, -0.25) is 9.36 Å². The van der Waals surface area contributed by atoms with Gasteiger partial charge in [0.15, 0.2) is 0 Å². The summed E-state index contributed by atoms with van der Waals surface area (Å²) in [5, 5.41) is 0.585. The fourth-order valence-corrected chi connectivity index (χ4v) is 3.15. The van der Waals surface area contributed by atoms with Crippen molar-refractivity contribution in [2.45, 2.75) is 25.5 Å². The van der Waals surface area contributed by atoms with E-state index in [1.54, 1.807) is 22.8 Å². The Morgan fingerprint density at radius 1 is 1.17 bits per heavy atom. The molecular formula is C19H17FN2O2. The maximum atomic E-state index is 13.3. The fraction of sp³-hybridized carbons (Fsp3) is 0.263. The minimum Gasteiger partial charge on any atom is -0.376 e. The lowest BCUT2D eigenvalue weighted by Crippen LogP contribution is -2.28. The molecule has 5 heteroatoms. The lowest BCUT2D eigenvalue weighted by Gasteiger charge is -2.17. The molecule has 1 saturated heterocycles. The van der Waals surface area contributed by atoms with Gasteiger partial charge in [0, 0.05) is 12.2 Å². The highest BCUT2D eigenvalue weighted by molar-refractivity contribution is 5.79. The second kappa shape index (κ2) is 6.17. The van der Waals surface area contributed by atoms with E-state index in [4.69, 9.17) is 4.74 Å². The zero-order chi connectivity index (χ0) is 16.5. The molecule has 0 bridgehead atoms. The predicted molar refractivity (Wildman–Crippen MR) is 90.4 cm³/mol. The van der Waals surface area contributed by atoms with E-state index in [-0.39, 0.29) is 17.5 Å². The number of para-hydroxylation sites is 1. The topological polar surface area (TPSA) is 44.1 Å². The van der Waals surface area contributed by atoms with Crippen LogP contribution < -0.4 is 5.56 Å². The van der Waals surface area contributed by atoms with Crippen LogP contribution in [0.2, 0.25) is 0 Å². The van der Waals surface area contributed by atoms with Crippen LogP contribution in [0.3, 0.4) is 0 Å². The minimum absolute atomic E-state index is 0.0184. The van der Waals surface area contributed by atoms with Crippen LogP contribution in [0.4, 0.5) is 4.39 Å². The number of ether oxygens (including phenoxy) is 1. The molecule has 1 atom stereocenters. The largest absolute Gasteiger partial charge is 0.376 e. The monoisotopic (exact) mass is 324 g/mol. The van der Waals surface area contributed by atoms with Crippen LogP contribution in [0.15, 0.2) is 53.3 Å². The number of benzene rings is 2. The second-order valence-corrected chi connectivity index (χ2v) is 6.01. The van der Waals surface area contributed by atoms with Crippen LogP contribution in [0.25, 0.3) is 22.3 Å². The first-order valence-electron chi connectivity index (χ1n) is 8.09. The van der Waals surface area contributed by atoms with Crippen molar-refractivity contribution in [2.75, 3.05) is 6.61 Å². The summed E-state index contributed by atoms with van der Waals surface area (Å²) in [7, 11) is 0. The fourth-order valence-electron chi connectivity index (χ4n) is 3.15. The van der Waals surface area contributed by atoms with Gasteiger partial charge in [0.25, 0.3) is 5.56 Å². The van der Waals surface area contributed by atoms with Crippen LogP contribution >= 0.6 is 0 Å². The molecule has 1 fully saturated rings. The van der Waals surface area contributed by atoms with Crippen LogP contribution in [-0.4, -0.2) is 22.3 Å². The third-order valence-electron chi connectivity index (χ3n) is 4.37. The molecule has 0 N–H and O–H groups in total. The van der Waals surface area contributed by atoms with E-state index in [2.05, 4.69) is 4.98 Å². The normalized spacial score (nSPS) is 17.5. The van der Waals surface area contributed by atoms with Gasteiger partial charge >= 0.3 is 0 Å². The average Bonchev–Trinajstić information content (AvgIpc) is 3.11. The van der Waals surface area contributed by atoms with Gasteiger partial charge in [-0.25, -0.2) is 9.37 Å². The molecule has 0 unspecified atom stereocenters. The Morgan fingerprint density at radius 3 is 2.71 bits per heavy atom. The van der Waals surface area contributed by atoms with E-state index in [1.165, 1.54) is 12.1 Å². The van der Waals surface area contributed by atoms with Crippen molar-refractivity contribution in [3.63, 3.8) is 0 Å². The lowest BCUT2D eigenvalue weighted by atomic mass is 10.1. The highest BCUT2D eigenvalue weighted by Gasteiger charge is 2.20. The molecule has 0 spiro atoms. The van der Waals surface area contributed by atoms with Crippen molar-refractivity contribution in [3.8, 4) is 11.4 Å². The molecule has 3 aromatic rings. The summed E-state index contributed by atoms with van der Waals surface area (Å²) in [5.74, 6) is 0.238. The van der Waals surface area contributed by atoms with E-state index in [0.29, 0.717) is 23.3 Å². The number of hydrogen-bond donors (Lipinski definition) is 0. The zero-order valence-corrected chi connectivity index (χ0v) is 13.1. The summed E-state index contributed by atoms with van der Waals surface area (Å²) >= 11 is 0. The van der Waals surface area contributed by atoms with E-state index in [9.17, 15) is 9.18 Å². The number of fused-ring (bicyclic) bond motifs is 1. The van der Waals surface area contributed by atoms with Crippen molar-refractivity contribution < 1.29 is 9.13 Å². The Balaban J connectivity index is 1.91. The number of halogens is 1. The summed E-state index contributed by atoms with van der Waals surface area (Å²) in [6.07, 6.45) is 1.96. The maximum absolute atomic E-state index is 13.3. The molecule has 2 aromatic carbocycles. The highest BCUT2D eigenvalue weighted by atomic mass is 19.1. The molecule has 4 rings (SSSR count). The van der Waals surface area contributed by atoms with Crippen molar-refractivity contribution in [3.05, 3.63) is 64.7 Å². The minimum atomic E-state index is -0.312. The summed E-state index contributed by atoms with van der Waals surface area (Å²) in [6, 6.07) is 13.4. The van der Waals surface area contributed by atoms with Crippen molar-refractivity contribution in [1.82, 2.24) is 9.55 Å². The quantitative estimate of drug-likeness (QED) is 0.742. The van der Waals surface area contributed by atoms with Crippen molar-refractivity contribution in [2.24, 2.45) is 0 Å². The zero-order valence-electron chi connectivity index (χ0n) is 13.1. The molecule has 122 valence electrons. The third kappa shape index (κ3) is 2.71. The number of nitrogens with zero attached hydrogens (tertiary/aromatic N) is 2. The Bertz CT molecular complexity index is 928. The lowest BCUT2D eigenvalue weighted by molar-refractivity contribution is 0.0965. The van der Waals surface area contributed by atoms with E-state index in [0.717, 1.165) is 25.0 Å². The molecule has 1 aliphatic heterocycles. The van der Waals surface area contributed by atoms with Gasteiger partial charge in [0.05, 0.1) is 23.6 Å². The van der Waals surface area contributed by atoms with Gasteiger partial charge in [-0.15, -0.1) is 0 Å². The van der Waals surface area contributed by atoms with Gasteiger partial charge in [0.2, 0.25) is 0 Å². The van der Waals surface area contributed by atoms with Crippen LogP contribution in [0.1, 0.15) is 12.8 Å². The molecule has 2 heterocycles.